The highest BCUT2D eigenvalue weighted by molar-refractivity contribution is 7.80. The molecule has 0 aliphatic heterocycles. The molecule has 0 radical (unpaired) electrons. The van der Waals surface area contributed by atoms with Crippen LogP contribution < -0.4 is 10.6 Å². The molecule has 2 N–H and O–H groups in total. The molecule has 126 valence electrons. The second-order valence-electron chi connectivity index (χ2n) is 6.17. The maximum absolute atomic E-state index is 5.58. The molecule has 0 saturated carbocycles. The zero-order valence-electron chi connectivity index (χ0n) is 14.5. The fraction of sp³-hybridized carbons (Fsp3) is 0.136. The van der Waals surface area contributed by atoms with Crippen LogP contribution in [0.15, 0.2) is 78.9 Å². The lowest BCUT2D eigenvalue weighted by Crippen LogP contribution is -2.33. The molecule has 0 amide bonds. The number of thiocarbonyl (C=S) groups is 1. The van der Waals surface area contributed by atoms with E-state index in [1.165, 1.54) is 22.3 Å². The smallest absolute Gasteiger partial charge is 0.171 e. The normalized spacial score (nSPS) is 11.6. The SMILES string of the molecule is Cc1cccc(NC(=S)N[C@H](c2ccccc2)c2ccccc2C)c1. The maximum atomic E-state index is 5.58. The minimum Gasteiger partial charge on any atom is -0.352 e. The van der Waals surface area contributed by atoms with Gasteiger partial charge in [-0.15, -0.1) is 0 Å². The van der Waals surface area contributed by atoms with E-state index in [0.717, 1.165) is 5.69 Å². The molecule has 0 aromatic heterocycles. The van der Waals surface area contributed by atoms with Gasteiger partial charge >= 0.3 is 0 Å². The van der Waals surface area contributed by atoms with Crippen molar-refractivity contribution in [3.05, 3.63) is 101 Å². The predicted molar refractivity (Wildman–Crippen MR) is 110 cm³/mol. The molecule has 0 spiro atoms. The fourth-order valence-corrected chi connectivity index (χ4v) is 3.15. The molecular formula is C22H22N2S. The van der Waals surface area contributed by atoms with Gasteiger partial charge in [-0.3, -0.25) is 0 Å². The van der Waals surface area contributed by atoms with Gasteiger partial charge in [0.2, 0.25) is 0 Å². The summed E-state index contributed by atoms with van der Waals surface area (Å²) >= 11 is 5.58. The Bertz CT molecular complexity index is 859. The van der Waals surface area contributed by atoms with E-state index < -0.39 is 0 Å². The number of benzene rings is 3. The molecule has 3 heteroatoms. The minimum atomic E-state index is 0.00668. The van der Waals surface area contributed by atoms with Gasteiger partial charge in [-0.1, -0.05) is 66.7 Å². The van der Waals surface area contributed by atoms with Gasteiger partial charge in [-0.25, -0.2) is 0 Å². The first-order valence-electron chi connectivity index (χ1n) is 8.38. The second-order valence-corrected chi connectivity index (χ2v) is 6.58. The van der Waals surface area contributed by atoms with Gasteiger partial charge in [0.15, 0.2) is 5.11 Å². The lowest BCUT2D eigenvalue weighted by molar-refractivity contribution is 0.762. The minimum absolute atomic E-state index is 0.00668. The standard InChI is InChI=1S/C22H22N2S/c1-16-9-8-13-19(15-16)23-22(25)24-21(18-11-4-3-5-12-18)20-14-7-6-10-17(20)2/h3-15,21H,1-2H3,(H2,23,24,25)/t21-/m1/s1. The largest absolute Gasteiger partial charge is 0.352 e. The van der Waals surface area contributed by atoms with Crippen LogP contribution in [0.2, 0.25) is 0 Å². The highest BCUT2D eigenvalue weighted by Crippen LogP contribution is 2.25. The molecule has 25 heavy (non-hydrogen) atoms. The number of hydrogen-bond acceptors (Lipinski definition) is 1. The average molecular weight is 346 g/mol. The molecule has 0 aliphatic carbocycles. The molecule has 1 atom stereocenters. The number of aryl methyl sites for hydroxylation is 2. The number of rotatable bonds is 4. The number of hydrogen-bond donors (Lipinski definition) is 2. The molecular weight excluding hydrogens is 324 g/mol. The Labute approximate surface area is 154 Å². The van der Waals surface area contributed by atoms with Crippen LogP contribution in [0.3, 0.4) is 0 Å². The first-order valence-corrected chi connectivity index (χ1v) is 8.79. The Hall–Kier alpha value is -2.65. The summed E-state index contributed by atoms with van der Waals surface area (Å²) in [6.07, 6.45) is 0. The van der Waals surface area contributed by atoms with Crippen LogP contribution in [0.4, 0.5) is 5.69 Å². The van der Waals surface area contributed by atoms with Crippen LogP contribution in [0.5, 0.6) is 0 Å². The summed E-state index contributed by atoms with van der Waals surface area (Å²) in [5.41, 5.74) is 5.84. The first-order chi connectivity index (χ1) is 12.1. The molecule has 3 rings (SSSR count). The van der Waals surface area contributed by atoms with Crippen molar-refractivity contribution < 1.29 is 0 Å². The van der Waals surface area contributed by atoms with Crippen molar-refractivity contribution in [2.45, 2.75) is 19.9 Å². The third kappa shape index (κ3) is 4.46. The first kappa shape index (κ1) is 17.2. The number of anilines is 1. The predicted octanol–water partition coefficient (Wildman–Crippen LogP) is 5.38. The summed E-state index contributed by atoms with van der Waals surface area (Å²) in [5, 5.41) is 7.38. The van der Waals surface area contributed by atoms with Crippen LogP contribution in [0.25, 0.3) is 0 Å². The van der Waals surface area contributed by atoms with Gasteiger partial charge < -0.3 is 10.6 Å². The third-order valence-electron chi connectivity index (χ3n) is 4.18. The molecule has 0 fully saturated rings. The fourth-order valence-electron chi connectivity index (χ4n) is 2.92. The van der Waals surface area contributed by atoms with E-state index in [4.69, 9.17) is 12.2 Å². The Morgan fingerprint density at radius 2 is 1.56 bits per heavy atom. The van der Waals surface area contributed by atoms with Gasteiger partial charge in [-0.2, -0.15) is 0 Å². The molecule has 0 bridgehead atoms. The van der Waals surface area contributed by atoms with Crippen molar-refractivity contribution in [1.29, 1.82) is 0 Å². The van der Waals surface area contributed by atoms with Crippen molar-refractivity contribution in [2.75, 3.05) is 5.32 Å². The summed E-state index contributed by atoms with van der Waals surface area (Å²) in [5.74, 6) is 0. The molecule has 0 saturated heterocycles. The Morgan fingerprint density at radius 1 is 0.840 bits per heavy atom. The van der Waals surface area contributed by atoms with Crippen LogP contribution in [-0.4, -0.2) is 5.11 Å². The van der Waals surface area contributed by atoms with Gasteiger partial charge in [0.25, 0.3) is 0 Å². The van der Waals surface area contributed by atoms with E-state index in [1.54, 1.807) is 0 Å². The lowest BCUT2D eigenvalue weighted by atomic mass is 9.95. The lowest BCUT2D eigenvalue weighted by Gasteiger charge is -2.23. The van der Waals surface area contributed by atoms with E-state index in [1.807, 2.05) is 18.2 Å². The molecule has 3 aromatic rings. The molecule has 0 unspecified atom stereocenters. The van der Waals surface area contributed by atoms with Crippen molar-refractivity contribution in [1.82, 2.24) is 5.32 Å². The van der Waals surface area contributed by atoms with Crippen LogP contribution in [-0.2, 0) is 0 Å². The van der Waals surface area contributed by atoms with Crippen LogP contribution in [0.1, 0.15) is 28.3 Å². The summed E-state index contributed by atoms with van der Waals surface area (Å²) in [6.45, 7) is 4.20. The summed E-state index contributed by atoms with van der Waals surface area (Å²) in [7, 11) is 0. The summed E-state index contributed by atoms with van der Waals surface area (Å²) < 4.78 is 0. The van der Waals surface area contributed by atoms with Crippen molar-refractivity contribution >= 4 is 23.0 Å². The Morgan fingerprint density at radius 3 is 2.28 bits per heavy atom. The van der Waals surface area contributed by atoms with Crippen molar-refractivity contribution in [3.8, 4) is 0 Å². The van der Waals surface area contributed by atoms with Crippen LogP contribution in [0, 0.1) is 13.8 Å². The van der Waals surface area contributed by atoms with Gasteiger partial charge in [0.1, 0.15) is 0 Å². The van der Waals surface area contributed by atoms with Gasteiger partial charge in [0, 0.05) is 5.69 Å². The highest BCUT2D eigenvalue weighted by atomic mass is 32.1. The Kier molecular flexibility index (Phi) is 5.46. The molecule has 2 nitrogen and oxygen atoms in total. The molecule has 3 aromatic carbocycles. The van der Waals surface area contributed by atoms with Gasteiger partial charge in [0.05, 0.1) is 6.04 Å². The zero-order valence-corrected chi connectivity index (χ0v) is 15.3. The molecule has 0 heterocycles. The Balaban J connectivity index is 1.85. The van der Waals surface area contributed by atoms with E-state index in [-0.39, 0.29) is 6.04 Å². The van der Waals surface area contributed by atoms with Crippen molar-refractivity contribution in [2.24, 2.45) is 0 Å². The van der Waals surface area contributed by atoms with E-state index in [2.05, 4.69) is 85.1 Å². The van der Waals surface area contributed by atoms with E-state index in [9.17, 15) is 0 Å². The zero-order chi connectivity index (χ0) is 17.6. The second kappa shape index (κ2) is 7.95. The number of nitrogens with one attached hydrogen (secondary N) is 2. The summed E-state index contributed by atoms with van der Waals surface area (Å²) in [6, 6.07) is 27.0. The highest BCUT2D eigenvalue weighted by Gasteiger charge is 2.16. The van der Waals surface area contributed by atoms with Crippen LogP contribution >= 0.6 is 12.2 Å². The topological polar surface area (TPSA) is 24.1 Å². The monoisotopic (exact) mass is 346 g/mol. The quantitative estimate of drug-likeness (QED) is 0.620. The van der Waals surface area contributed by atoms with E-state index >= 15 is 0 Å². The van der Waals surface area contributed by atoms with E-state index in [0.29, 0.717) is 5.11 Å². The summed E-state index contributed by atoms with van der Waals surface area (Å²) in [4.78, 5) is 0. The third-order valence-corrected chi connectivity index (χ3v) is 4.40. The van der Waals surface area contributed by atoms with Crippen molar-refractivity contribution in [3.63, 3.8) is 0 Å². The van der Waals surface area contributed by atoms with Gasteiger partial charge in [-0.05, 0) is 60.5 Å². The maximum Gasteiger partial charge on any atom is 0.171 e. The molecule has 0 aliphatic rings. The average Bonchev–Trinajstić information content (AvgIpc) is 2.61.